The summed E-state index contributed by atoms with van der Waals surface area (Å²) in [6, 6.07) is 25.4. The van der Waals surface area contributed by atoms with Crippen LogP contribution in [0.25, 0.3) is 0 Å². The van der Waals surface area contributed by atoms with Crippen LogP contribution < -0.4 is 9.62 Å². The van der Waals surface area contributed by atoms with Crippen molar-refractivity contribution >= 4 is 21.6 Å². The SMILES string of the molecule is Cc1ccc(S(=O)(=O)N(CC(=O)NC(C)CC(C)(C)c2ccccc2)c2ccccc2)cc1. The molecule has 0 radical (unpaired) electrons. The van der Waals surface area contributed by atoms with Gasteiger partial charge in [-0.05, 0) is 55.5 Å². The van der Waals surface area contributed by atoms with Crippen LogP contribution in [0, 0.1) is 6.92 Å². The van der Waals surface area contributed by atoms with Crippen molar-refractivity contribution in [3.63, 3.8) is 0 Å². The Labute approximate surface area is 197 Å². The van der Waals surface area contributed by atoms with Crippen molar-refractivity contribution in [2.75, 3.05) is 10.8 Å². The molecule has 0 saturated heterocycles. The first-order valence-electron chi connectivity index (χ1n) is 11.1. The first kappa shape index (κ1) is 24.5. The fraction of sp³-hybridized carbons (Fsp3) is 0.296. The zero-order chi connectivity index (χ0) is 24.1. The van der Waals surface area contributed by atoms with Gasteiger partial charge in [-0.2, -0.15) is 0 Å². The Morgan fingerprint density at radius 2 is 1.45 bits per heavy atom. The molecule has 3 rings (SSSR count). The molecule has 0 spiro atoms. The maximum atomic E-state index is 13.4. The lowest BCUT2D eigenvalue weighted by molar-refractivity contribution is -0.120. The lowest BCUT2D eigenvalue weighted by atomic mass is 9.79. The molecule has 3 aromatic rings. The van der Waals surface area contributed by atoms with Gasteiger partial charge in [-0.15, -0.1) is 0 Å². The fourth-order valence-corrected chi connectivity index (χ4v) is 5.44. The normalized spacial score (nSPS) is 12.7. The summed E-state index contributed by atoms with van der Waals surface area (Å²) in [5.74, 6) is -0.342. The molecule has 174 valence electrons. The van der Waals surface area contributed by atoms with Crippen molar-refractivity contribution in [1.82, 2.24) is 5.32 Å². The third-order valence-electron chi connectivity index (χ3n) is 5.72. The first-order valence-corrected chi connectivity index (χ1v) is 12.5. The molecule has 33 heavy (non-hydrogen) atoms. The van der Waals surface area contributed by atoms with E-state index < -0.39 is 10.0 Å². The Kier molecular flexibility index (Phi) is 7.59. The van der Waals surface area contributed by atoms with Crippen LogP contribution in [0.2, 0.25) is 0 Å². The second-order valence-corrected chi connectivity index (χ2v) is 10.9. The summed E-state index contributed by atoms with van der Waals surface area (Å²) in [7, 11) is -3.91. The Morgan fingerprint density at radius 3 is 2.03 bits per heavy atom. The van der Waals surface area contributed by atoms with Crippen LogP contribution in [0.4, 0.5) is 5.69 Å². The quantitative estimate of drug-likeness (QED) is 0.481. The van der Waals surface area contributed by atoms with E-state index in [9.17, 15) is 13.2 Å². The van der Waals surface area contributed by atoms with Gasteiger partial charge in [0.15, 0.2) is 0 Å². The first-order chi connectivity index (χ1) is 15.6. The van der Waals surface area contributed by atoms with Gasteiger partial charge in [0, 0.05) is 6.04 Å². The van der Waals surface area contributed by atoms with Gasteiger partial charge in [0.1, 0.15) is 6.54 Å². The average molecular weight is 465 g/mol. The smallest absolute Gasteiger partial charge is 0.264 e. The van der Waals surface area contributed by atoms with Crippen LogP contribution in [-0.4, -0.2) is 26.9 Å². The molecule has 1 atom stereocenters. The second-order valence-electron chi connectivity index (χ2n) is 9.08. The molecule has 5 nitrogen and oxygen atoms in total. The summed E-state index contributed by atoms with van der Waals surface area (Å²) < 4.78 is 28.0. The van der Waals surface area contributed by atoms with E-state index in [1.807, 2.05) is 38.1 Å². The monoisotopic (exact) mass is 464 g/mol. The van der Waals surface area contributed by atoms with Crippen molar-refractivity contribution < 1.29 is 13.2 Å². The number of rotatable bonds is 9. The molecular weight excluding hydrogens is 432 g/mol. The lowest BCUT2D eigenvalue weighted by Gasteiger charge is -2.30. The number of benzene rings is 3. The molecule has 0 fully saturated rings. The van der Waals surface area contributed by atoms with E-state index >= 15 is 0 Å². The standard InChI is InChI=1S/C27H32N2O3S/c1-21-15-17-25(18-16-21)33(31,32)29(24-13-9-6-10-14-24)20-26(30)28-22(2)19-27(3,4)23-11-7-5-8-12-23/h5-18,22H,19-20H2,1-4H3,(H,28,30). The van der Waals surface area contributed by atoms with Gasteiger partial charge in [0.2, 0.25) is 5.91 Å². The van der Waals surface area contributed by atoms with E-state index in [0.717, 1.165) is 12.0 Å². The fourth-order valence-electron chi connectivity index (χ4n) is 4.02. The van der Waals surface area contributed by atoms with E-state index in [0.29, 0.717) is 5.69 Å². The minimum Gasteiger partial charge on any atom is -0.352 e. The number of nitrogens with one attached hydrogen (secondary N) is 1. The molecule has 0 aliphatic carbocycles. The number of carbonyl (C=O) groups excluding carboxylic acids is 1. The molecule has 0 heterocycles. The minimum atomic E-state index is -3.91. The molecule has 6 heteroatoms. The number of anilines is 1. The topological polar surface area (TPSA) is 66.5 Å². The highest BCUT2D eigenvalue weighted by Gasteiger charge is 2.29. The van der Waals surface area contributed by atoms with E-state index in [1.165, 1.54) is 9.87 Å². The van der Waals surface area contributed by atoms with Crippen LogP contribution in [-0.2, 0) is 20.2 Å². The van der Waals surface area contributed by atoms with Crippen LogP contribution in [0.5, 0.6) is 0 Å². The number of nitrogens with zero attached hydrogens (tertiary/aromatic N) is 1. The van der Waals surface area contributed by atoms with Gasteiger partial charge >= 0.3 is 0 Å². The molecule has 0 bridgehead atoms. The van der Waals surface area contributed by atoms with Gasteiger partial charge in [-0.3, -0.25) is 9.10 Å². The Balaban J connectivity index is 1.77. The molecule has 0 aromatic heterocycles. The molecule has 1 unspecified atom stereocenters. The second kappa shape index (κ2) is 10.2. The number of carbonyl (C=O) groups is 1. The molecule has 3 aromatic carbocycles. The number of para-hydroxylation sites is 1. The van der Waals surface area contributed by atoms with Crippen LogP contribution >= 0.6 is 0 Å². The summed E-state index contributed by atoms with van der Waals surface area (Å²) >= 11 is 0. The summed E-state index contributed by atoms with van der Waals surface area (Å²) in [5.41, 5.74) is 2.47. The van der Waals surface area contributed by atoms with Gasteiger partial charge in [-0.1, -0.05) is 80.1 Å². The van der Waals surface area contributed by atoms with Crippen molar-refractivity contribution in [1.29, 1.82) is 0 Å². The molecule has 0 aliphatic heterocycles. The highest BCUT2D eigenvalue weighted by Crippen LogP contribution is 2.28. The van der Waals surface area contributed by atoms with E-state index in [1.54, 1.807) is 48.5 Å². The zero-order valence-corrected chi connectivity index (χ0v) is 20.5. The van der Waals surface area contributed by atoms with Gasteiger partial charge < -0.3 is 5.32 Å². The van der Waals surface area contributed by atoms with Crippen molar-refractivity contribution in [3.8, 4) is 0 Å². The number of sulfonamides is 1. The molecule has 0 saturated carbocycles. The van der Waals surface area contributed by atoms with Gasteiger partial charge in [-0.25, -0.2) is 8.42 Å². The maximum Gasteiger partial charge on any atom is 0.264 e. The third-order valence-corrected chi connectivity index (χ3v) is 7.51. The lowest BCUT2D eigenvalue weighted by Crippen LogP contribution is -2.45. The predicted octanol–water partition coefficient (Wildman–Crippen LogP) is 5.06. The van der Waals surface area contributed by atoms with Crippen molar-refractivity contribution in [2.45, 2.75) is 50.5 Å². The summed E-state index contributed by atoms with van der Waals surface area (Å²) in [6.45, 7) is 7.84. The van der Waals surface area contributed by atoms with Gasteiger partial charge in [0.05, 0.1) is 10.6 Å². The summed E-state index contributed by atoms with van der Waals surface area (Å²) in [5, 5.41) is 2.99. The largest absolute Gasteiger partial charge is 0.352 e. The van der Waals surface area contributed by atoms with Gasteiger partial charge in [0.25, 0.3) is 10.0 Å². The molecule has 0 aliphatic rings. The van der Waals surface area contributed by atoms with Crippen molar-refractivity contribution in [3.05, 3.63) is 96.1 Å². The maximum absolute atomic E-state index is 13.4. The number of hydrogen-bond donors (Lipinski definition) is 1. The average Bonchev–Trinajstić information content (AvgIpc) is 2.78. The number of amides is 1. The Bertz CT molecular complexity index is 1160. The van der Waals surface area contributed by atoms with Crippen LogP contribution in [0.15, 0.2) is 89.8 Å². The number of hydrogen-bond acceptors (Lipinski definition) is 3. The summed E-state index contributed by atoms with van der Waals surface area (Å²) in [6.07, 6.45) is 0.721. The molecule has 1 amide bonds. The Hall–Kier alpha value is -3.12. The predicted molar refractivity (Wildman–Crippen MR) is 134 cm³/mol. The third kappa shape index (κ3) is 6.23. The molecule has 1 N–H and O–H groups in total. The Morgan fingerprint density at radius 1 is 0.909 bits per heavy atom. The van der Waals surface area contributed by atoms with Crippen LogP contribution in [0.3, 0.4) is 0 Å². The van der Waals surface area contributed by atoms with Crippen LogP contribution in [0.1, 0.15) is 38.3 Å². The van der Waals surface area contributed by atoms with Crippen molar-refractivity contribution in [2.24, 2.45) is 0 Å². The van der Waals surface area contributed by atoms with E-state index in [4.69, 9.17) is 0 Å². The zero-order valence-electron chi connectivity index (χ0n) is 19.7. The number of aryl methyl sites for hydroxylation is 1. The van der Waals surface area contributed by atoms with E-state index in [2.05, 4.69) is 31.3 Å². The highest BCUT2D eigenvalue weighted by atomic mass is 32.2. The highest BCUT2D eigenvalue weighted by molar-refractivity contribution is 7.92. The van der Waals surface area contributed by atoms with E-state index in [-0.39, 0.29) is 28.8 Å². The molecular formula is C27H32N2O3S. The summed E-state index contributed by atoms with van der Waals surface area (Å²) in [4.78, 5) is 13.1. The minimum absolute atomic E-state index is 0.132.